The van der Waals surface area contributed by atoms with Crippen LogP contribution in [0.5, 0.6) is 5.75 Å². The number of methoxy groups -OCH3 is 1. The van der Waals surface area contributed by atoms with Gasteiger partial charge in [-0.1, -0.05) is 20.8 Å². The summed E-state index contributed by atoms with van der Waals surface area (Å²) in [6.07, 6.45) is 0. The van der Waals surface area contributed by atoms with Gasteiger partial charge in [0, 0.05) is 34.2 Å². The van der Waals surface area contributed by atoms with Crippen molar-refractivity contribution in [1.29, 1.82) is 0 Å². The molecule has 0 aliphatic carbocycles. The number of hydrogen-bond donors (Lipinski definition) is 0. The van der Waals surface area contributed by atoms with E-state index in [4.69, 9.17) is 4.74 Å². The number of halogens is 1. The van der Waals surface area contributed by atoms with Gasteiger partial charge >= 0.3 is 0 Å². The summed E-state index contributed by atoms with van der Waals surface area (Å²) in [6, 6.07) is 5.74. The molecule has 0 aromatic heterocycles. The molecule has 0 fully saturated rings. The third-order valence-corrected chi connectivity index (χ3v) is 3.17. The number of anilines is 1. The van der Waals surface area contributed by atoms with E-state index in [1.54, 1.807) is 19.1 Å². The van der Waals surface area contributed by atoms with Crippen LogP contribution < -0.4 is 9.64 Å². The highest BCUT2D eigenvalue weighted by atomic mass is 79.9. The van der Waals surface area contributed by atoms with Crippen LogP contribution >= 0.6 is 15.9 Å². The van der Waals surface area contributed by atoms with Gasteiger partial charge in [-0.2, -0.15) is 0 Å². The molecule has 0 unspecified atom stereocenters. The molecule has 0 aliphatic heterocycles. The first-order chi connectivity index (χ1) is 7.77. The second kappa shape index (κ2) is 5.08. The molecule has 94 valence electrons. The van der Waals surface area contributed by atoms with Crippen LogP contribution in [0.4, 0.5) is 10.5 Å². The van der Waals surface area contributed by atoms with Crippen LogP contribution in [0.2, 0.25) is 0 Å². The molecule has 0 saturated heterocycles. The highest BCUT2D eigenvalue weighted by Gasteiger charge is 2.20. The highest BCUT2D eigenvalue weighted by molar-refractivity contribution is 9.18. The molecule has 3 nitrogen and oxygen atoms in total. The third kappa shape index (κ3) is 3.22. The number of hydrogen-bond acceptors (Lipinski definition) is 2. The molecule has 0 atom stereocenters. The molecule has 0 spiro atoms. The molecule has 0 aliphatic rings. The van der Waals surface area contributed by atoms with Crippen molar-refractivity contribution >= 4 is 26.4 Å². The van der Waals surface area contributed by atoms with Crippen LogP contribution in [0, 0.1) is 0 Å². The summed E-state index contributed by atoms with van der Waals surface area (Å²) in [4.78, 5) is 12.7. The number of rotatable bonds is 2. The monoisotopic (exact) mass is 299 g/mol. The Morgan fingerprint density at radius 1 is 1.35 bits per heavy atom. The van der Waals surface area contributed by atoms with Gasteiger partial charge in [-0.15, -0.1) is 0 Å². The molecule has 1 rings (SSSR count). The van der Waals surface area contributed by atoms with Crippen LogP contribution in [0.3, 0.4) is 0 Å². The minimum atomic E-state index is -0.164. The van der Waals surface area contributed by atoms with E-state index in [-0.39, 0.29) is 10.2 Å². The summed E-state index contributed by atoms with van der Waals surface area (Å²) in [5.41, 5.74) is 1.90. The molecule has 0 N–H and O–H groups in total. The van der Waals surface area contributed by atoms with Crippen molar-refractivity contribution in [3.8, 4) is 5.75 Å². The van der Waals surface area contributed by atoms with Gasteiger partial charge < -0.3 is 9.64 Å². The van der Waals surface area contributed by atoms with Crippen molar-refractivity contribution in [3.63, 3.8) is 0 Å². The standard InChI is InChI=1S/C13H18BrNO2/c1-13(2,3)10-8-9(15(4)12(14)16)6-7-11(10)17-5/h6-8H,1-5H3. The zero-order valence-corrected chi connectivity index (χ0v) is 12.5. The number of amides is 1. The Morgan fingerprint density at radius 2 is 1.94 bits per heavy atom. The smallest absolute Gasteiger partial charge is 0.293 e. The fraction of sp³-hybridized carbons (Fsp3) is 0.462. The van der Waals surface area contributed by atoms with Gasteiger partial charge in [0.1, 0.15) is 5.75 Å². The Bertz CT molecular complexity index is 424. The summed E-state index contributed by atoms with van der Waals surface area (Å²) < 4.78 is 5.35. The van der Waals surface area contributed by atoms with Gasteiger partial charge in [0.05, 0.1) is 7.11 Å². The maximum absolute atomic E-state index is 11.3. The minimum absolute atomic E-state index is 0.0302. The van der Waals surface area contributed by atoms with Crippen LogP contribution in [0.15, 0.2) is 18.2 Å². The maximum atomic E-state index is 11.3. The Morgan fingerprint density at radius 3 is 2.35 bits per heavy atom. The molecule has 4 heteroatoms. The normalized spacial score (nSPS) is 11.2. The lowest BCUT2D eigenvalue weighted by Crippen LogP contribution is -2.20. The molecule has 0 saturated carbocycles. The van der Waals surface area contributed by atoms with E-state index in [9.17, 15) is 4.79 Å². The molecule has 17 heavy (non-hydrogen) atoms. The zero-order chi connectivity index (χ0) is 13.2. The number of carbonyl (C=O) groups excluding carboxylic acids is 1. The summed E-state index contributed by atoms with van der Waals surface area (Å²) in [6.45, 7) is 6.35. The van der Waals surface area contributed by atoms with E-state index >= 15 is 0 Å². The summed E-state index contributed by atoms with van der Waals surface area (Å²) in [7, 11) is 3.38. The van der Waals surface area contributed by atoms with Crippen molar-refractivity contribution in [2.75, 3.05) is 19.1 Å². The predicted molar refractivity (Wildman–Crippen MR) is 74.4 cm³/mol. The van der Waals surface area contributed by atoms with Crippen molar-refractivity contribution in [1.82, 2.24) is 0 Å². The predicted octanol–water partition coefficient (Wildman–Crippen LogP) is 3.94. The lowest BCUT2D eigenvalue weighted by Gasteiger charge is -2.24. The average Bonchev–Trinajstić information content (AvgIpc) is 2.25. The van der Waals surface area contributed by atoms with Crippen LogP contribution in [0.1, 0.15) is 26.3 Å². The van der Waals surface area contributed by atoms with Crippen molar-refractivity contribution in [2.24, 2.45) is 0 Å². The quantitative estimate of drug-likeness (QED) is 0.611. The second-order valence-electron chi connectivity index (χ2n) is 4.95. The van der Waals surface area contributed by atoms with Gasteiger partial charge in [-0.05, 0) is 23.6 Å². The van der Waals surface area contributed by atoms with E-state index in [1.807, 2.05) is 18.2 Å². The lowest BCUT2D eigenvalue weighted by atomic mass is 9.86. The third-order valence-electron chi connectivity index (χ3n) is 2.64. The van der Waals surface area contributed by atoms with E-state index in [0.29, 0.717) is 0 Å². The minimum Gasteiger partial charge on any atom is -0.496 e. The Labute approximate surface area is 111 Å². The molecule has 1 amide bonds. The molecule has 0 heterocycles. The molecule has 1 aromatic carbocycles. The summed E-state index contributed by atoms with van der Waals surface area (Å²) in [5.74, 6) is 0.844. The van der Waals surface area contributed by atoms with Gasteiger partial charge in [0.2, 0.25) is 0 Å². The first-order valence-electron chi connectivity index (χ1n) is 5.39. The number of ether oxygens (including phenoxy) is 1. The van der Waals surface area contributed by atoms with E-state index in [0.717, 1.165) is 17.0 Å². The SMILES string of the molecule is COc1ccc(N(C)C(=O)Br)cc1C(C)(C)C. The summed E-state index contributed by atoms with van der Waals surface area (Å²) >= 11 is 2.94. The fourth-order valence-corrected chi connectivity index (χ4v) is 1.80. The largest absolute Gasteiger partial charge is 0.496 e. The first kappa shape index (κ1) is 14.0. The average molecular weight is 300 g/mol. The summed E-state index contributed by atoms with van der Waals surface area (Å²) in [5, 5.41) is 0. The zero-order valence-electron chi connectivity index (χ0n) is 10.9. The molecule has 1 aromatic rings. The van der Waals surface area contributed by atoms with Gasteiger partial charge in [-0.25, -0.2) is 0 Å². The Kier molecular flexibility index (Phi) is 4.20. The van der Waals surface area contributed by atoms with Crippen LogP contribution in [-0.4, -0.2) is 19.0 Å². The maximum Gasteiger partial charge on any atom is 0.293 e. The van der Waals surface area contributed by atoms with E-state index < -0.39 is 0 Å². The molecular weight excluding hydrogens is 282 g/mol. The number of benzene rings is 1. The van der Waals surface area contributed by atoms with Crippen LogP contribution in [-0.2, 0) is 5.41 Å². The fourth-order valence-electron chi connectivity index (χ4n) is 1.59. The molecule has 0 radical (unpaired) electrons. The van der Waals surface area contributed by atoms with Crippen molar-refractivity contribution in [3.05, 3.63) is 23.8 Å². The Hall–Kier alpha value is -1.03. The second-order valence-corrected chi connectivity index (χ2v) is 5.62. The number of nitrogens with zero attached hydrogens (tertiary/aromatic N) is 1. The molecular formula is C13H18BrNO2. The molecule has 0 bridgehead atoms. The number of carbonyl (C=O) groups is 1. The first-order valence-corrected chi connectivity index (χ1v) is 6.18. The van der Waals surface area contributed by atoms with E-state index in [1.165, 1.54) is 0 Å². The highest BCUT2D eigenvalue weighted by Crippen LogP contribution is 2.34. The lowest BCUT2D eigenvalue weighted by molar-refractivity contribution is 0.267. The van der Waals surface area contributed by atoms with Gasteiger partial charge in [-0.3, -0.25) is 4.79 Å². The van der Waals surface area contributed by atoms with Crippen molar-refractivity contribution < 1.29 is 9.53 Å². The van der Waals surface area contributed by atoms with Gasteiger partial charge in [0.25, 0.3) is 4.82 Å². The topological polar surface area (TPSA) is 29.5 Å². The van der Waals surface area contributed by atoms with Crippen LogP contribution in [0.25, 0.3) is 0 Å². The van der Waals surface area contributed by atoms with Gasteiger partial charge in [0.15, 0.2) is 0 Å². The van der Waals surface area contributed by atoms with Crippen molar-refractivity contribution in [2.45, 2.75) is 26.2 Å². The Balaban J connectivity index is 3.27. The van der Waals surface area contributed by atoms with E-state index in [2.05, 4.69) is 36.7 Å².